The zero-order valence-electron chi connectivity index (χ0n) is 12.4. The van der Waals surface area contributed by atoms with E-state index in [0.717, 1.165) is 5.56 Å². The van der Waals surface area contributed by atoms with E-state index in [1.807, 2.05) is 30.3 Å². The predicted molar refractivity (Wildman–Crippen MR) is 81.8 cm³/mol. The molecule has 1 heterocycles. The summed E-state index contributed by atoms with van der Waals surface area (Å²) in [4.78, 5) is 11.4. The van der Waals surface area contributed by atoms with Crippen LogP contribution in [-0.4, -0.2) is 23.4 Å². The summed E-state index contributed by atoms with van der Waals surface area (Å²) in [5, 5.41) is 7.80. The third-order valence-electron chi connectivity index (χ3n) is 3.25. The first-order chi connectivity index (χ1) is 11.3. The van der Waals surface area contributed by atoms with Gasteiger partial charge in [-0.1, -0.05) is 35.5 Å². The summed E-state index contributed by atoms with van der Waals surface area (Å²) in [7, 11) is 1.34. The van der Waals surface area contributed by atoms with Gasteiger partial charge in [-0.05, 0) is 29.4 Å². The second kappa shape index (κ2) is 6.74. The lowest BCUT2D eigenvalue weighted by molar-refractivity contribution is 0.0600. The Morgan fingerprint density at radius 2 is 1.78 bits per heavy atom. The van der Waals surface area contributed by atoms with Gasteiger partial charge in [-0.2, -0.15) is 0 Å². The number of nitrogens with zero attached hydrogens (tertiary/aromatic N) is 2. The Hall–Kier alpha value is -3.15. The first-order valence-electron chi connectivity index (χ1n) is 6.96. The normalized spacial score (nSPS) is 10.3. The molecule has 0 radical (unpaired) electrons. The minimum absolute atomic E-state index is 0.214. The third kappa shape index (κ3) is 3.37. The molecule has 0 N–H and O–H groups in total. The topological polar surface area (TPSA) is 74.5 Å². The Bertz CT molecular complexity index is 782. The zero-order valence-corrected chi connectivity index (χ0v) is 12.4. The number of aromatic nitrogens is 2. The largest absolute Gasteiger partial charge is 0.487 e. The first-order valence-corrected chi connectivity index (χ1v) is 6.96. The second-order valence-corrected chi connectivity index (χ2v) is 4.73. The quantitative estimate of drug-likeness (QED) is 0.674. The molecule has 6 nitrogen and oxygen atoms in total. The maximum absolute atomic E-state index is 11.4. The fraction of sp³-hybridized carbons (Fsp3) is 0.118. The van der Waals surface area contributed by atoms with Crippen LogP contribution >= 0.6 is 0 Å². The van der Waals surface area contributed by atoms with Crippen molar-refractivity contribution < 1.29 is 18.9 Å². The van der Waals surface area contributed by atoms with Crippen LogP contribution in [0.15, 0.2) is 59.2 Å². The van der Waals surface area contributed by atoms with Crippen LogP contribution in [0.4, 0.5) is 0 Å². The summed E-state index contributed by atoms with van der Waals surface area (Å²) in [6.07, 6.45) is 0. The SMILES string of the molecule is COC(=O)c1ccc(OCc2nonc2-c2ccccc2)cc1. The Balaban J connectivity index is 1.70. The molecule has 0 aliphatic carbocycles. The van der Waals surface area contributed by atoms with E-state index in [4.69, 9.17) is 9.37 Å². The number of hydrogen-bond donors (Lipinski definition) is 0. The van der Waals surface area contributed by atoms with Crippen LogP contribution in [0.2, 0.25) is 0 Å². The first kappa shape index (κ1) is 14.8. The molecule has 0 bridgehead atoms. The molecule has 0 saturated carbocycles. The number of hydrogen-bond acceptors (Lipinski definition) is 6. The molecule has 6 heteroatoms. The summed E-state index contributed by atoms with van der Waals surface area (Å²) in [6, 6.07) is 16.3. The Labute approximate surface area is 132 Å². The molecule has 2 aromatic carbocycles. The third-order valence-corrected chi connectivity index (χ3v) is 3.25. The fourth-order valence-electron chi connectivity index (χ4n) is 2.07. The molecule has 116 valence electrons. The highest BCUT2D eigenvalue weighted by atomic mass is 16.6. The molecular weight excluding hydrogens is 296 g/mol. The van der Waals surface area contributed by atoms with Crippen LogP contribution in [0.5, 0.6) is 5.75 Å². The molecular formula is C17H14N2O4. The number of benzene rings is 2. The van der Waals surface area contributed by atoms with Crippen molar-refractivity contribution >= 4 is 5.97 Å². The molecule has 0 aliphatic heterocycles. The maximum atomic E-state index is 11.4. The van der Waals surface area contributed by atoms with Gasteiger partial charge in [0.2, 0.25) is 0 Å². The molecule has 0 atom stereocenters. The molecule has 0 spiro atoms. The maximum Gasteiger partial charge on any atom is 0.337 e. The lowest BCUT2D eigenvalue weighted by Gasteiger charge is -2.05. The van der Waals surface area contributed by atoms with Crippen molar-refractivity contribution in [2.75, 3.05) is 7.11 Å². The van der Waals surface area contributed by atoms with E-state index in [2.05, 4.69) is 15.1 Å². The molecule has 1 aromatic heterocycles. The van der Waals surface area contributed by atoms with Crippen LogP contribution < -0.4 is 4.74 Å². The minimum Gasteiger partial charge on any atom is -0.487 e. The highest BCUT2D eigenvalue weighted by Gasteiger charge is 2.13. The van der Waals surface area contributed by atoms with E-state index in [-0.39, 0.29) is 12.6 Å². The molecule has 0 fully saturated rings. The van der Waals surface area contributed by atoms with Gasteiger partial charge in [-0.25, -0.2) is 9.42 Å². The second-order valence-electron chi connectivity index (χ2n) is 4.73. The van der Waals surface area contributed by atoms with E-state index in [1.165, 1.54) is 7.11 Å². The number of carbonyl (C=O) groups excluding carboxylic acids is 1. The van der Waals surface area contributed by atoms with Gasteiger partial charge in [0.1, 0.15) is 23.7 Å². The zero-order chi connectivity index (χ0) is 16.1. The summed E-state index contributed by atoms with van der Waals surface area (Å²) < 4.78 is 15.1. The standard InChI is InChI=1S/C17H14N2O4/c1-21-17(20)13-7-9-14(10-8-13)22-11-15-16(19-23-18-15)12-5-3-2-4-6-12/h2-10H,11H2,1H3. The van der Waals surface area contributed by atoms with Gasteiger partial charge in [-0.15, -0.1) is 0 Å². The lowest BCUT2D eigenvalue weighted by Crippen LogP contribution is -2.01. The van der Waals surface area contributed by atoms with Crippen LogP contribution in [0.1, 0.15) is 16.1 Å². The van der Waals surface area contributed by atoms with Crippen molar-refractivity contribution in [3.05, 3.63) is 65.9 Å². The molecule has 0 amide bonds. The Morgan fingerprint density at radius 1 is 1.04 bits per heavy atom. The van der Waals surface area contributed by atoms with Crippen LogP contribution in [0.25, 0.3) is 11.3 Å². The number of carbonyl (C=O) groups is 1. The van der Waals surface area contributed by atoms with Gasteiger partial charge in [0, 0.05) is 5.56 Å². The molecule has 3 aromatic rings. The van der Waals surface area contributed by atoms with Crippen molar-refractivity contribution in [3.63, 3.8) is 0 Å². The monoisotopic (exact) mass is 310 g/mol. The van der Waals surface area contributed by atoms with E-state index in [0.29, 0.717) is 22.7 Å². The van der Waals surface area contributed by atoms with Crippen LogP contribution in [0.3, 0.4) is 0 Å². The van der Waals surface area contributed by atoms with Gasteiger partial charge < -0.3 is 9.47 Å². The number of ether oxygens (including phenoxy) is 2. The van der Waals surface area contributed by atoms with E-state index >= 15 is 0 Å². The van der Waals surface area contributed by atoms with E-state index in [9.17, 15) is 4.79 Å². The van der Waals surface area contributed by atoms with E-state index in [1.54, 1.807) is 24.3 Å². The average Bonchev–Trinajstić information content (AvgIpc) is 3.09. The number of rotatable bonds is 5. The summed E-state index contributed by atoms with van der Waals surface area (Å²) in [5.74, 6) is 0.225. The highest BCUT2D eigenvalue weighted by molar-refractivity contribution is 5.89. The molecule has 0 unspecified atom stereocenters. The molecule has 3 rings (SSSR count). The van der Waals surface area contributed by atoms with Crippen molar-refractivity contribution in [1.82, 2.24) is 10.3 Å². The van der Waals surface area contributed by atoms with Crippen LogP contribution in [-0.2, 0) is 11.3 Å². The number of esters is 1. The van der Waals surface area contributed by atoms with Gasteiger partial charge >= 0.3 is 5.97 Å². The van der Waals surface area contributed by atoms with Gasteiger partial charge in [0.25, 0.3) is 0 Å². The molecule has 0 aliphatic rings. The fourth-order valence-corrected chi connectivity index (χ4v) is 2.07. The van der Waals surface area contributed by atoms with Gasteiger partial charge in [0.05, 0.1) is 12.7 Å². The smallest absolute Gasteiger partial charge is 0.337 e. The molecule has 0 saturated heterocycles. The van der Waals surface area contributed by atoms with Gasteiger partial charge in [0.15, 0.2) is 0 Å². The van der Waals surface area contributed by atoms with Gasteiger partial charge in [-0.3, -0.25) is 0 Å². The Morgan fingerprint density at radius 3 is 2.48 bits per heavy atom. The van der Waals surface area contributed by atoms with Crippen LogP contribution in [0, 0.1) is 0 Å². The predicted octanol–water partition coefficient (Wildman–Crippen LogP) is 3.10. The summed E-state index contributed by atoms with van der Waals surface area (Å²) in [6.45, 7) is 0.214. The van der Waals surface area contributed by atoms with Crippen molar-refractivity contribution in [3.8, 4) is 17.0 Å². The number of methoxy groups -OCH3 is 1. The highest BCUT2D eigenvalue weighted by Crippen LogP contribution is 2.21. The van der Waals surface area contributed by atoms with Crippen molar-refractivity contribution in [1.29, 1.82) is 0 Å². The van der Waals surface area contributed by atoms with E-state index < -0.39 is 0 Å². The Kier molecular flexibility index (Phi) is 4.33. The van der Waals surface area contributed by atoms with Crippen molar-refractivity contribution in [2.45, 2.75) is 6.61 Å². The average molecular weight is 310 g/mol. The summed E-state index contributed by atoms with van der Waals surface area (Å²) >= 11 is 0. The van der Waals surface area contributed by atoms with Crippen molar-refractivity contribution in [2.24, 2.45) is 0 Å². The molecule has 23 heavy (non-hydrogen) atoms. The summed E-state index contributed by atoms with van der Waals surface area (Å²) in [5.41, 5.74) is 2.63. The minimum atomic E-state index is -0.386. The lowest BCUT2D eigenvalue weighted by atomic mass is 10.1.